The van der Waals surface area contributed by atoms with Gasteiger partial charge in [-0.1, -0.05) is 13.3 Å². The zero-order chi connectivity index (χ0) is 15.6. The third kappa shape index (κ3) is 4.42. The van der Waals surface area contributed by atoms with Crippen molar-refractivity contribution >= 4 is 38.6 Å². The average Bonchev–Trinajstić information content (AvgIpc) is 2.26. The third-order valence-electron chi connectivity index (χ3n) is 2.76. The van der Waals surface area contributed by atoms with Crippen molar-refractivity contribution in [2.45, 2.75) is 44.0 Å². The van der Waals surface area contributed by atoms with E-state index in [1.165, 1.54) is 18.2 Å². The maximum absolute atomic E-state index is 12.3. The largest absolute Gasteiger partial charge is 0.478 e. The van der Waals surface area contributed by atoms with Crippen LogP contribution in [0.1, 0.15) is 44.0 Å². The van der Waals surface area contributed by atoms with Crippen molar-refractivity contribution in [3.8, 4) is 0 Å². The predicted molar refractivity (Wildman–Crippen MR) is 85.4 cm³/mol. The van der Waals surface area contributed by atoms with Gasteiger partial charge in [0.1, 0.15) is 0 Å². The highest BCUT2D eigenvalue weighted by molar-refractivity contribution is 14.1. The van der Waals surface area contributed by atoms with E-state index in [1.54, 1.807) is 13.8 Å². The van der Waals surface area contributed by atoms with E-state index in [4.69, 9.17) is 5.11 Å². The molecule has 0 unspecified atom stereocenters. The Morgan fingerprint density at radius 1 is 1.40 bits per heavy atom. The van der Waals surface area contributed by atoms with Crippen LogP contribution in [0.2, 0.25) is 0 Å². The number of nitrogens with one attached hydrogen (secondary N) is 1. The molecule has 112 valence electrons. The molecule has 2 N–H and O–H groups in total. The number of carboxylic acid groups (broad SMARTS) is 1. The lowest BCUT2D eigenvalue weighted by Gasteiger charge is -2.25. The van der Waals surface area contributed by atoms with E-state index in [1.807, 2.05) is 29.5 Å². The van der Waals surface area contributed by atoms with E-state index in [9.17, 15) is 13.2 Å². The molecule has 5 nitrogen and oxygen atoms in total. The summed E-state index contributed by atoms with van der Waals surface area (Å²) in [7, 11) is -3.73. The minimum atomic E-state index is -3.73. The van der Waals surface area contributed by atoms with E-state index >= 15 is 0 Å². The SMILES string of the molecule is CCCC(C)(C)NS(=O)(=O)c1ccc(I)c(C(=O)O)c1. The molecule has 0 bridgehead atoms. The molecule has 7 heteroatoms. The summed E-state index contributed by atoms with van der Waals surface area (Å²) in [6, 6.07) is 4.10. The van der Waals surface area contributed by atoms with Gasteiger partial charge < -0.3 is 5.11 Å². The lowest BCUT2D eigenvalue weighted by Crippen LogP contribution is -2.43. The fourth-order valence-corrected chi connectivity index (χ4v) is 3.97. The molecule has 0 aliphatic carbocycles. The molecule has 0 fully saturated rings. The Hall–Kier alpha value is -0.670. The van der Waals surface area contributed by atoms with Gasteiger partial charge >= 0.3 is 5.97 Å². The minimum Gasteiger partial charge on any atom is -0.478 e. The van der Waals surface area contributed by atoms with Crippen molar-refractivity contribution in [3.05, 3.63) is 27.3 Å². The van der Waals surface area contributed by atoms with Crippen LogP contribution < -0.4 is 4.72 Å². The Morgan fingerprint density at radius 3 is 2.50 bits per heavy atom. The van der Waals surface area contributed by atoms with Crippen LogP contribution in [0.25, 0.3) is 0 Å². The van der Waals surface area contributed by atoms with Crippen molar-refractivity contribution in [1.82, 2.24) is 4.72 Å². The van der Waals surface area contributed by atoms with Crippen molar-refractivity contribution in [2.75, 3.05) is 0 Å². The highest BCUT2D eigenvalue weighted by Gasteiger charge is 2.26. The zero-order valence-electron chi connectivity index (χ0n) is 11.6. The molecule has 0 heterocycles. The van der Waals surface area contributed by atoms with E-state index in [2.05, 4.69) is 4.72 Å². The first-order valence-electron chi connectivity index (χ1n) is 6.16. The molecule has 20 heavy (non-hydrogen) atoms. The van der Waals surface area contributed by atoms with Crippen LogP contribution in [0.4, 0.5) is 0 Å². The predicted octanol–water partition coefficient (Wildman–Crippen LogP) is 2.85. The summed E-state index contributed by atoms with van der Waals surface area (Å²) in [5, 5.41) is 9.05. The molecule has 0 saturated heterocycles. The third-order valence-corrected chi connectivity index (χ3v) is 5.40. The van der Waals surface area contributed by atoms with Gasteiger partial charge in [0, 0.05) is 9.11 Å². The van der Waals surface area contributed by atoms with Gasteiger partial charge in [-0.2, -0.15) is 0 Å². The summed E-state index contributed by atoms with van der Waals surface area (Å²) in [5.41, 5.74) is -0.582. The molecule has 0 aromatic heterocycles. The molecule has 0 aliphatic heterocycles. The van der Waals surface area contributed by atoms with Crippen molar-refractivity contribution < 1.29 is 18.3 Å². The topological polar surface area (TPSA) is 83.5 Å². The summed E-state index contributed by atoms with van der Waals surface area (Å²) >= 11 is 1.87. The van der Waals surface area contributed by atoms with E-state index in [0.717, 1.165) is 6.42 Å². The zero-order valence-corrected chi connectivity index (χ0v) is 14.6. The van der Waals surface area contributed by atoms with Gasteiger partial charge in [-0.15, -0.1) is 0 Å². The molecular weight excluding hydrogens is 393 g/mol. The van der Waals surface area contributed by atoms with Crippen molar-refractivity contribution in [1.29, 1.82) is 0 Å². The number of carboxylic acids is 1. The molecule has 1 aromatic carbocycles. The Labute approximate surface area is 133 Å². The van der Waals surface area contributed by atoms with Crippen LogP contribution in [0.3, 0.4) is 0 Å². The number of benzene rings is 1. The molecular formula is C13H18INO4S. The van der Waals surface area contributed by atoms with Crippen LogP contribution in [-0.2, 0) is 10.0 Å². The number of hydrogen-bond acceptors (Lipinski definition) is 3. The maximum Gasteiger partial charge on any atom is 0.336 e. The van der Waals surface area contributed by atoms with Crippen LogP contribution in [-0.4, -0.2) is 25.0 Å². The number of hydrogen-bond donors (Lipinski definition) is 2. The van der Waals surface area contributed by atoms with Crippen molar-refractivity contribution in [2.24, 2.45) is 0 Å². The Morgan fingerprint density at radius 2 is 2.00 bits per heavy atom. The van der Waals surface area contributed by atoms with Crippen molar-refractivity contribution in [3.63, 3.8) is 0 Å². The number of carbonyl (C=O) groups is 1. The van der Waals surface area contributed by atoms with Gasteiger partial charge in [0.25, 0.3) is 0 Å². The number of sulfonamides is 1. The summed E-state index contributed by atoms with van der Waals surface area (Å²) < 4.78 is 27.7. The Balaban J connectivity index is 3.17. The highest BCUT2D eigenvalue weighted by Crippen LogP contribution is 2.21. The van der Waals surface area contributed by atoms with Gasteiger partial charge in [-0.3, -0.25) is 0 Å². The maximum atomic E-state index is 12.3. The molecule has 0 amide bonds. The van der Waals surface area contributed by atoms with Crippen LogP contribution in [0, 0.1) is 3.57 Å². The van der Waals surface area contributed by atoms with Gasteiger partial charge in [0.15, 0.2) is 0 Å². The van der Waals surface area contributed by atoms with Gasteiger partial charge in [-0.25, -0.2) is 17.9 Å². The fourth-order valence-electron chi connectivity index (χ4n) is 1.93. The molecule has 0 spiro atoms. The van der Waals surface area contributed by atoms with E-state index in [0.29, 0.717) is 9.99 Å². The summed E-state index contributed by atoms with van der Waals surface area (Å²) in [6.45, 7) is 5.58. The number of rotatable bonds is 6. The van der Waals surface area contributed by atoms with Crippen LogP contribution in [0.15, 0.2) is 23.1 Å². The summed E-state index contributed by atoms with van der Waals surface area (Å²) in [6.07, 6.45) is 1.55. The lowest BCUT2D eigenvalue weighted by molar-refractivity contribution is 0.0695. The van der Waals surface area contributed by atoms with E-state index in [-0.39, 0.29) is 10.5 Å². The molecule has 0 aliphatic rings. The second-order valence-electron chi connectivity index (χ2n) is 5.19. The van der Waals surface area contributed by atoms with E-state index < -0.39 is 21.5 Å². The first kappa shape index (κ1) is 17.4. The molecule has 0 radical (unpaired) electrons. The fraction of sp³-hybridized carbons (Fsp3) is 0.462. The standard InChI is InChI=1S/C13H18INO4S/c1-4-7-13(2,3)15-20(18,19)9-5-6-11(14)10(8-9)12(16)17/h5-6,8,15H,4,7H2,1-3H3,(H,16,17). The van der Waals surface area contributed by atoms with Gasteiger partial charge in [-0.05, 0) is 61.1 Å². The molecule has 1 aromatic rings. The number of aromatic carboxylic acids is 1. The van der Waals surface area contributed by atoms with Gasteiger partial charge in [0.05, 0.1) is 10.5 Å². The number of halogens is 1. The minimum absolute atomic E-state index is 0.0122. The second-order valence-corrected chi connectivity index (χ2v) is 8.03. The first-order valence-corrected chi connectivity index (χ1v) is 8.72. The molecule has 0 saturated carbocycles. The molecule has 0 atom stereocenters. The smallest absolute Gasteiger partial charge is 0.336 e. The lowest BCUT2D eigenvalue weighted by atomic mass is 10.0. The summed E-state index contributed by atoms with van der Waals surface area (Å²) in [4.78, 5) is 11.0. The Kier molecular flexibility index (Phi) is 5.56. The highest BCUT2D eigenvalue weighted by atomic mass is 127. The molecule has 1 rings (SSSR count). The quantitative estimate of drug-likeness (QED) is 0.706. The normalized spacial score (nSPS) is 12.4. The first-order chi connectivity index (χ1) is 9.09. The van der Waals surface area contributed by atoms with Crippen LogP contribution >= 0.6 is 22.6 Å². The monoisotopic (exact) mass is 411 g/mol. The summed E-state index contributed by atoms with van der Waals surface area (Å²) in [5.74, 6) is -1.14. The average molecular weight is 411 g/mol. The van der Waals surface area contributed by atoms with Gasteiger partial charge in [0.2, 0.25) is 10.0 Å². The van der Waals surface area contributed by atoms with Crippen LogP contribution in [0.5, 0.6) is 0 Å². The Bertz CT molecular complexity index is 611. The second kappa shape index (κ2) is 6.40.